The lowest BCUT2D eigenvalue weighted by molar-refractivity contribution is -0.746. The van der Waals surface area contributed by atoms with E-state index in [4.69, 9.17) is 5.84 Å². The Kier molecular flexibility index (Phi) is 2.85. The summed E-state index contributed by atoms with van der Waals surface area (Å²) in [5.74, 6) is 6.18. The molecule has 0 aliphatic carbocycles. The second-order valence-corrected chi connectivity index (χ2v) is 5.87. The van der Waals surface area contributed by atoms with Crippen molar-refractivity contribution in [2.24, 2.45) is 15.8 Å². The number of halogens is 1. The molecule has 0 aromatic heterocycles. The largest absolute Gasteiger partial charge is 0.301 e. The fourth-order valence-corrected chi connectivity index (χ4v) is 2.86. The zero-order valence-corrected chi connectivity index (χ0v) is 10.9. The summed E-state index contributed by atoms with van der Waals surface area (Å²) in [4.78, 5) is 8.52. The summed E-state index contributed by atoms with van der Waals surface area (Å²) in [7, 11) is 0. The molecule has 2 aliphatic heterocycles. The Morgan fingerprint density at radius 2 is 2.27 bits per heavy atom. The van der Waals surface area contributed by atoms with E-state index in [0.717, 1.165) is 10.7 Å². The molecule has 2 N–H and O–H groups in total. The molecule has 0 fully saturated rings. The summed E-state index contributed by atoms with van der Waals surface area (Å²) in [6.07, 6.45) is 5.25. The van der Waals surface area contributed by atoms with Gasteiger partial charge in [-0.2, -0.15) is 10.8 Å². The van der Waals surface area contributed by atoms with Gasteiger partial charge in [-0.1, -0.05) is 25.6 Å². The smallest absolute Gasteiger partial charge is 0.253 e. The number of rotatable bonds is 2. The van der Waals surface area contributed by atoms with Crippen molar-refractivity contribution in [2.75, 3.05) is 0 Å². The van der Waals surface area contributed by atoms with Gasteiger partial charge in [0.2, 0.25) is 5.70 Å². The van der Waals surface area contributed by atoms with Gasteiger partial charge in [-0.05, 0) is 0 Å². The van der Waals surface area contributed by atoms with Crippen molar-refractivity contribution in [3.8, 4) is 0 Å². The van der Waals surface area contributed by atoms with Crippen LogP contribution in [0.5, 0.6) is 0 Å². The van der Waals surface area contributed by atoms with Crippen molar-refractivity contribution in [2.45, 2.75) is 19.1 Å². The van der Waals surface area contributed by atoms with E-state index in [1.165, 1.54) is 0 Å². The number of nitrogens with two attached hydrogens (primary N) is 1. The van der Waals surface area contributed by atoms with Crippen LogP contribution in [0.3, 0.4) is 0 Å². The molecular weight excluding hydrogens is 276 g/mol. The lowest BCUT2D eigenvalue weighted by Crippen LogP contribution is -2.50. The molecule has 6 heteroatoms. The van der Waals surface area contributed by atoms with Gasteiger partial charge in [-0.15, -0.1) is 4.59 Å². The van der Waals surface area contributed by atoms with Crippen LogP contribution in [0.25, 0.3) is 0 Å². The highest BCUT2D eigenvalue weighted by Crippen LogP contribution is 2.37. The maximum Gasteiger partial charge on any atom is 0.301 e. The lowest BCUT2D eigenvalue weighted by atomic mass is 10.4. The van der Waals surface area contributed by atoms with Crippen molar-refractivity contribution in [3.05, 3.63) is 23.1 Å². The van der Waals surface area contributed by atoms with E-state index < -0.39 is 0 Å². The van der Waals surface area contributed by atoms with Crippen LogP contribution < -0.4 is 5.84 Å². The highest BCUT2D eigenvalue weighted by molar-refractivity contribution is 9.18. The first-order chi connectivity index (χ1) is 7.04. The molecule has 0 bridgehead atoms. The number of quaternary nitrogens is 1. The van der Waals surface area contributed by atoms with E-state index in [-0.39, 0.29) is 4.59 Å². The molecule has 2 aliphatic rings. The predicted molar refractivity (Wildman–Crippen MR) is 68.2 cm³/mol. The minimum atomic E-state index is 0.0958. The molecule has 1 unspecified atom stereocenters. The number of aliphatic imine (C=N–C) groups is 2. The number of fused-ring (bicyclic) bond motifs is 1. The number of nitrogens with zero attached hydrogens (tertiary/aromatic N) is 3. The Balaban J connectivity index is 2.42. The predicted octanol–water partition coefficient (Wildman–Crippen LogP) is 2.31. The SMILES string of the molecule is CC(C)SC1=C2C=NC=C[N+]2(N)C(Br)=N1. The summed E-state index contributed by atoms with van der Waals surface area (Å²) in [6.45, 7) is 4.25. The Labute approximate surface area is 101 Å². The van der Waals surface area contributed by atoms with Crippen molar-refractivity contribution in [3.63, 3.8) is 0 Å². The van der Waals surface area contributed by atoms with Crippen LogP contribution in [-0.4, -0.2) is 20.8 Å². The zero-order valence-electron chi connectivity index (χ0n) is 8.51. The number of amidine groups is 1. The summed E-state index contributed by atoms with van der Waals surface area (Å²) in [5, 5.41) is 1.41. The molecule has 0 aromatic carbocycles. The number of thioether (sulfide) groups is 1. The van der Waals surface area contributed by atoms with Gasteiger partial charge in [0.1, 0.15) is 6.20 Å². The second-order valence-electron chi connectivity index (χ2n) is 3.59. The van der Waals surface area contributed by atoms with Crippen molar-refractivity contribution in [1.29, 1.82) is 0 Å². The molecular formula is C9H12BrN4S+. The van der Waals surface area contributed by atoms with E-state index in [2.05, 4.69) is 39.8 Å². The summed E-state index contributed by atoms with van der Waals surface area (Å²) < 4.78 is 0.793. The van der Waals surface area contributed by atoms with Crippen molar-refractivity contribution < 1.29 is 4.59 Å². The number of hydrogen-bond donors (Lipinski definition) is 1. The quantitative estimate of drug-likeness (QED) is 0.481. The first kappa shape index (κ1) is 11.1. The summed E-state index contributed by atoms with van der Waals surface area (Å²) >= 11 is 5.09. The molecule has 0 aromatic rings. The Morgan fingerprint density at radius 3 is 2.93 bits per heavy atom. The van der Waals surface area contributed by atoms with Crippen LogP contribution in [-0.2, 0) is 0 Å². The van der Waals surface area contributed by atoms with Gasteiger partial charge in [-0.25, -0.2) is 0 Å². The number of allylic oxidation sites excluding steroid dienone is 1. The van der Waals surface area contributed by atoms with Gasteiger partial charge in [0.25, 0.3) is 0 Å². The van der Waals surface area contributed by atoms with Crippen LogP contribution in [0.2, 0.25) is 0 Å². The van der Waals surface area contributed by atoms with Crippen molar-refractivity contribution >= 4 is 38.7 Å². The van der Waals surface area contributed by atoms with Crippen LogP contribution in [0.15, 0.2) is 33.1 Å². The Hall–Kier alpha value is -0.430. The van der Waals surface area contributed by atoms with Crippen molar-refractivity contribution in [1.82, 2.24) is 0 Å². The maximum absolute atomic E-state index is 6.18. The Morgan fingerprint density at radius 1 is 1.53 bits per heavy atom. The normalized spacial score (nSPS) is 28.7. The molecule has 15 heavy (non-hydrogen) atoms. The van der Waals surface area contributed by atoms with Crippen LogP contribution in [0, 0.1) is 0 Å². The van der Waals surface area contributed by atoms with Gasteiger partial charge in [0.15, 0.2) is 5.03 Å². The van der Waals surface area contributed by atoms with Gasteiger partial charge in [0.05, 0.1) is 12.4 Å². The molecule has 80 valence electrons. The van der Waals surface area contributed by atoms with E-state index >= 15 is 0 Å². The fourth-order valence-electron chi connectivity index (χ4n) is 1.34. The van der Waals surface area contributed by atoms with Gasteiger partial charge >= 0.3 is 4.74 Å². The average molecular weight is 288 g/mol. The highest BCUT2D eigenvalue weighted by Gasteiger charge is 2.42. The fraction of sp³-hybridized carbons (Fsp3) is 0.333. The zero-order chi connectivity index (χ0) is 11.1. The first-order valence-corrected chi connectivity index (χ1v) is 6.26. The van der Waals surface area contributed by atoms with E-state index in [1.54, 1.807) is 30.4 Å². The third-order valence-electron chi connectivity index (χ3n) is 2.05. The third-order valence-corrected chi connectivity index (χ3v) is 3.81. The molecule has 0 saturated heterocycles. The van der Waals surface area contributed by atoms with Gasteiger partial charge < -0.3 is 0 Å². The molecule has 2 heterocycles. The standard InChI is InChI=1S/C9H12BrN4S/c1-6(2)15-8-7-5-12-3-4-14(7,11)9(10)13-8/h3-6H,11H2,1-2H3/q+1. The van der Waals surface area contributed by atoms with Crippen LogP contribution >= 0.6 is 27.7 Å². The van der Waals surface area contributed by atoms with E-state index in [0.29, 0.717) is 9.99 Å². The minimum absolute atomic E-state index is 0.0958. The molecule has 0 radical (unpaired) electrons. The molecule has 2 rings (SSSR count). The monoisotopic (exact) mass is 287 g/mol. The molecule has 0 spiro atoms. The average Bonchev–Trinajstić information content (AvgIpc) is 2.39. The summed E-state index contributed by atoms with van der Waals surface area (Å²) in [5.41, 5.74) is 0.920. The maximum atomic E-state index is 6.18. The lowest BCUT2D eigenvalue weighted by Gasteiger charge is -2.23. The van der Waals surface area contributed by atoms with Crippen LogP contribution in [0.4, 0.5) is 0 Å². The summed E-state index contributed by atoms with van der Waals surface area (Å²) in [6, 6.07) is 0. The molecule has 1 atom stereocenters. The topological polar surface area (TPSA) is 50.7 Å². The third kappa shape index (κ3) is 1.82. The first-order valence-electron chi connectivity index (χ1n) is 4.58. The molecule has 4 nitrogen and oxygen atoms in total. The second kappa shape index (κ2) is 3.86. The number of hydrogen-bond acceptors (Lipinski definition) is 4. The van der Waals surface area contributed by atoms with Gasteiger partial charge in [-0.3, -0.25) is 4.99 Å². The van der Waals surface area contributed by atoms with E-state index in [1.807, 2.05) is 0 Å². The minimum Gasteiger partial charge on any atom is -0.253 e. The molecule has 0 saturated carbocycles. The highest BCUT2D eigenvalue weighted by atomic mass is 79.9. The van der Waals surface area contributed by atoms with Crippen LogP contribution in [0.1, 0.15) is 13.8 Å². The Bertz CT molecular complexity index is 410. The van der Waals surface area contributed by atoms with Gasteiger partial charge in [0, 0.05) is 21.2 Å². The molecule has 0 amide bonds. The van der Waals surface area contributed by atoms with E-state index in [9.17, 15) is 0 Å².